The van der Waals surface area contributed by atoms with E-state index in [1.807, 2.05) is 0 Å². The van der Waals surface area contributed by atoms with Gasteiger partial charge in [-0.2, -0.15) is 0 Å². The van der Waals surface area contributed by atoms with Crippen LogP contribution in [0.3, 0.4) is 0 Å². The minimum Gasteiger partial charge on any atom is -0.0801 e. The van der Waals surface area contributed by atoms with E-state index >= 15 is 0 Å². The van der Waals surface area contributed by atoms with Gasteiger partial charge in [-0.05, 0) is 59.1 Å². The topological polar surface area (TPSA) is 0 Å². The van der Waals surface area contributed by atoms with Crippen LogP contribution < -0.4 is 0 Å². The number of fused-ring (bicyclic) bond motifs is 2. The van der Waals surface area contributed by atoms with E-state index in [1.165, 1.54) is 22.3 Å². The van der Waals surface area contributed by atoms with E-state index in [1.54, 1.807) is 11.1 Å². The van der Waals surface area contributed by atoms with Crippen molar-refractivity contribution in [2.24, 2.45) is 0 Å². The Labute approximate surface area is 120 Å². The summed E-state index contributed by atoms with van der Waals surface area (Å²) < 4.78 is 0. The van der Waals surface area contributed by atoms with Crippen LogP contribution in [0.2, 0.25) is 0 Å². The van der Waals surface area contributed by atoms with Gasteiger partial charge in [0, 0.05) is 0 Å². The van der Waals surface area contributed by atoms with E-state index in [9.17, 15) is 0 Å². The molecule has 4 rings (SSSR count). The van der Waals surface area contributed by atoms with Crippen LogP contribution in [0.15, 0.2) is 94.2 Å². The molecule has 0 saturated heterocycles. The predicted octanol–water partition coefficient (Wildman–Crippen LogP) is 5.27. The summed E-state index contributed by atoms with van der Waals surface area (Å²) in [6.45, 7) is 0. The lowest BCUT2D eigenvalue weighted by atomic mass is 9.93. The third-order valence-electron chi connectivity index (χ3n) is 4.53. The first-order chi connectivity index (χ1) is 9.92. The fourth-order valence-corrected chi connectivity index (χ4v) is 3.42. The molecule has 0 aromatic heterocycles. The molecule has 20 heavy (non-hydrogen) atoms. The summed E-state index contributed by atoms with van der Waals surface area (Å²) in [7, 11) is 0. The van der Waals surface area contributed by atoms with Crippen LogP contribution in [0.4, 0.5) is 0 Å². The highest BCUT2D eigenvalue weighted by atomic mass is 14.2. The van der Waals surface area contributed by atoms with Gasteiger partial charge in [-0.3, -0.25) is 0 Å². The molecule has 98 valence electrons. The average Bonchev–Trinajstić information content (AvgIpc) is 3.09. The molecule has 0 heteroatoms. The standard InChI is InChI=1S/C20H18/c1-3-7-19-15(5-1)9-11-17(19)13-14-18-12-10-16-6-2-4-8-20(16)18/h1-6,9-12H,7-8,13-14H2. The fraction of sp³-hybridized carbons (Fsp3) is 0.200. The van der Waals surface area contributed by atoms with Crippen LogP contribution in [0.1, 0.15) is 25.7 Å². The van der Waals surface area contributed by atoms with Gasteiger partial charge in [0.2, 0.25) is 0 Å². The summed E-state index contributed by atoms with van der Waals surface area (Å²) in [5.74, 6) is 0. The Morgan fingerprint density at radius 3 is 1.65 bits per heavy atom. The van der Waals surface area contributed by atoms with E-state index in [-0.39, 0.29) is 0 Å². The van der Waals surface area contributed by atoms with Crippen LogP contribution in [0, 0.1) is 0 Å². The van der Waals surface area contributed by atoms with E-state index < -0.39 is 0 Å². The zero-order valence-electron chi connectivity index (χ0n) is 11.6. The Hall–Kier alpha value is -2.08. The monoisotopic (exact) mass is 258 g/mol. The quantitative estimate of drug-likeness (QED) is 0.646. The highest BCUT2D eigenvalue weighted by molar-refractivity contribution is 5.59. The Morgan fingerprint density at radius 1 is 0.650 bits per heavy atom. The van der Waals surface area contributed by atoms with Gasteiger partial charge in [0.15, 0.2) is 0 Å². The smallest absolute Gasteiger partial charge is 0.00856 e. The highest BCUT2D eigenvalue weighted by Crippen LogP contribution is 2.37. The van der Waals surface area contributed by atoms with Crippen LogP contribution in [-0.2, 0) is 0 Å². The van der Waals surface area contributed by atoms with Crippen molar-refractivity contribution >= 4 is 0 Å². The second-order valence-corrected chi connectivity index (χ2v) is 5.68. The van der Waals surface area contributed by atoms with Crippen LogP contribution >= 0.6 is 0 Å². The number of hydrogen-bond donors (Lipinski definition) is 0. The first kappa shape index (κ1) is 11.7. The van der Waals surface area contributed by atoms with Crippen molar-refractivity contribution in [3.05, 3.63) is 94.2 Å². The van der Waals surface area contributed by atoms with Gasteiger partial charge >= 0.3 is 0 Å². The lowest BCUT2D eigenvalue weighted by Crippen LogP contribution is -1.93. The molecule has 0 unspecified atom stereocenters. The predicted molar refractivity (Wildman–Crippen MR) is 85.2 cm³/mol. The molecule has 0 nitrogen and oxygen atoms in total. The lowest BCUT2D eigenvalue weighted by Gasteiger charge is -2.12. The normalized spacial score (nSPS) is 22.4. The van der Waals surface area contributed by atoms with Crippen molar-refractivity contribution in [3.63, 3.8) is 0 Å². The summed E-state index contributed by atoms with van der Waals surface area (Å²) >= 11 is 0. The third kappa shape index (κ3) is 1.92. The largest absolute Gasteiger partial charge is 0.0801 e. The minimum atomic E-state index is 1.10. The number of hydrogen-bond acceptors (Lipinski definition) is 0. The molecule has 0 radical (unpaired) electrons. The molecule has 4 aliphatic rings. The molecule has 0 aromatic carbocycles. The zero-order chi connectivity index (χ0) is 13.4. The highest BCUT2D eigenvalue weighted by Gasteiger charge is 2.18. The molecular weight excluding hydrogens is 240 g/mol. The molecule has 0 amide bonds. The molecular formula is C20H18. The van der Waals surface area contributed by atoms with E-state index in [0.717, 1.165) is 25.7 Å². The van der Waals surface area contributed by atoms with Crippen molar-refractivity contribution in [2.45, 2.75) is 25.7 Å². The van der Waals surface area contributed by atoms with E-state index in [0.29, 0.717) is 0 Å². The Balaban J connectivity index is 1.53. The molecule has 0 fully saturated rings. The molecule has 4 aliphatic carbocycles. The van der Waals surface area contributed by atoms with Crippen molar-refractivity contribution in [3.8, 4) is 0 Å². The molecule has 0 aliphatic heterocycles. The van der Waals surface area contributed by atoms with E-state index in [2.05, 4.69) is 60.8 Å². The summed E-state index contributed by atoms with van der Waals surface area (Å²) in [5, 5.41) is 0. The maximum atomic E-state index is 2.32. The third-order valence-corrected chi connectivity index (χ3v) is 4.53. The number of rotatable bonds is 3. The molecule has 0 atom stereocenters. The van der Waals surface area contributed by atoms with Gasteiger partial charge in [0.05, 0.1) is 0 Å². The molecule has 0 bridgehead atoms. The summed E-state index contributed by atoms with van der Waals surface area (Å²) in [6.07, 6.45) is 27.0. The minimum absolute atomic E-state index is 1.10. The molecule has 0 spiro atoms. The Morgan fingerprint density at radius 2 is 1.15 bits per heavy atom. The maximum absolute atomic E-state index is 2.32. The van der Waals surface area contributed by atoms with Gasteiger partial charge in [-0.25, -0.2) is 0 Å². The van der Waals surface area contributed by atoms with Gasteiger partial charge in [-0.15, -0.1) is 0 Å². The summed E-state index contributed by atoms with van der Waals surface area (Å²) in [6, 6.07) is 0. The van der Waals surface area contributed by atoms with Crippen molar-refractivity contribution in [2.75, 3.05) is 0 Å². The van der Waals surface area contributed by atoms with Crippen molar-refractivity contribution in [1.82, 2.24) is 0 Å². The molecule has 0 heterocycles. The van der Waals surface area contributed by atoms with Crippen LogP contribution in [0.25, 0.3) is 0 Å². The number of allylic oxidation sites excluding steroid dienone is 16. The zero-order valence-corrected chi connectivity index (χ0v) is 11.6. The second kappa shape index (κ2) is 4.79. The fourth-order valence-electron chi connectivity index (χ4n) is 3.42. The van der Waals surface area contributed by atoms with Gasteiger partial charge in [-0.1, -0.05) is 60.8 Å². The SMILES string of the molecule is C1=CCC2=C(CCC3=C4CC=CC=C4C=C3)C=CC2=C1. The maximum Gasteiger partial charge on any atom is -0.00856 e. The Kier molecular flexibility index (Phi) is 2.81. The average molecular weight is 258 g/mol. The van der Waals surface area contributed by atoms with Crippen molar-refractivity contribution < 1.29 is 0 Å². The lowest BCUT2D eigenvalue weighted by molar-refractivity contribution is 0.942. The van der Waals surface area contributed by atoms with Gasteiger partial charge in [0.25, 0.3) is 0 Å². The second-order valence-electron chi connectivity index (χ2n) is 5.68. The van der Waals surface area contributed by atoms with Crippen molar-refractivity contribution in [1.29, 1.82) is 0 Å². The van der Waals surface area contributed by atoms with Crippen LogP contribution in [-0.4, -0.2) is 0 Å². The first-order valence-corrected chi connectivity index (χ1v) is 7.46. The molecule has 0 N–H and O–H groups in total. The van der Waals surface area contributed by atoms with Gasteiger partial charge < -0.3 is 0 Å². The first-order valence-electron chi connectivity index (χ1n) is 7.46. The molecule has 0 aromatic rings. The Bertz CT molecular complexity index is 632. The summed E-state index contributed by atoms with van der Waals surface area (Å²) in [5.41, 5.74) is 8.99. The molecule has 0 saturated carbocycles. The van der Waals surface area contributed by atoms with E-state index in [4.69, 9.17) is 0 Å². The summed E-state index contributed by atoms with van der Waals surface area (Å²) in [4.78, 5) is 0. The van der Waals surface area contributed by atoms with Gasteiger partial charge in [0.1, 0.15) is 0 Å². The van der Waals surface area contributed by atoms with Crippen LogP contribution in [0.5, 0.6) is 0 Å².